The predicted molar refractivity (Wildman–Crippen MR) is 88.5 cm³/mol. The van der Waals surface area contributed by atoms with E-state index in [0.29, 0.717) is 12.4 Å². The average Bonchev–Trinajstić information content (AvgIpc) is 2.50. The first-order valence-electron chi connectivity index (χ1n) is 7.03. The van der Waals surface area contributed by atoms with Crippen LogP contribution in [-0.4, -0.2) is 15.0 Å². The first-order chi connectivity index (χ1) is 10.9. The Labute approximate surface area is 140 Å². The van der Waals surface area contributed by atoms with E-state index in [4.69, 9.17) is 16.3 Å². The van der Waals surface area contributed by atoms with Gasteiger partial charge in [-0.05, 0) is 36.8 Å². The van der Waals surface area contributed by atoms with Crippen LogP contribution in [0.5, 0.6) is 5.75 Å². The maximum Gasteiger partial charge on any atom is 0.216 e. The molecule has 0 spiro atoms. The summed E-state index contributed by atoms with van der Waals surface area (Å²) in [5.41, 5.74) is 0.712. The normalized spacial score (nSPS) is 11.4. The molecule has 2 aromatic rings. The van der Waals surface area contributed by atoms with Crippen LogP contribution >= 0.6 is 11.6 Å². The highest BCUT2D eigenvalue weighted by atomic mass is 35.5. The number of rotatable bonds is 7. The zero-order valence-electron chi connectivity index (χ0n) is 12.6. The molecule has 0 unspecified atom stereocenters. The fourth-order valence-corrected chi connectivity index (χ4v) is 3.49. The van der Waals surface area contributed by atoms with E-state index in [-0.39, 0.29) is 17.1 Å². The number of benzene rings is 2. The summed E-state index contributed by atoms with van der Waals surface area (Å²) >= 11 is 5.86. The van der Waals surface area contributed by atoms with Crippen molar-refractivity contribution >= 4 is 21.6 Å². The zero-order valence-corrected chi connectivity index (χ0v) is 14.1. The lowest BCUT2D eigenvalue weighted by atomic mass is 10.2. The molecule has 0 amide bonds. The number of ether oxygens (including phenoxy) is 1. The number of hydrogen-bond donors (Lipinski definition) is 1. The van der Waals surface area contributed by atoms with Crippen molar-refractivity contribution in [1.82, 2.24) is 4.72 Å². The van der Waals surface area contributed by atoms with E-state index in [1.807, 2.05) is 6.92 Å². The van der Waals surface area contributed by atoms with E-state index >= 15 is 0 Å². The standard InChI is InChI=1S/C16H17ClFNO3S/c1-2-22-13-6-3-5-12(9-13)10-19-23(20,21)11-14-15(17)7-4-8-16(14)18/h3-9,19H,2,10-11H2,1H3. The number of hydrogen-bond acceptors (Lipinski definition) is 3. The maximum atomic E-state index is 13.7. The van der Waals surface area contributed by atoms with Crippen molar-refractivity contribution in [3.8, 4) is 5.75 Å². The third kappa shape index (κ3) is 5.20. The van der Waals surface area contributed by atoms with Gasteiger partial charge in [-0.25, -0.2) is 17.5 Å². The largest absolute Gasteiger partial charge is 0.494 e. The van der Waals surface area contributed by atoms with Crippen molar-refractivity contribution in [2.24, 2.45) is 0 Å². The molecule has 0 radical (unpaired) electrons. The summed E-state index contributed by atoms with van der Waals surface area (Å²) in [4.78, 5) is 0. The summed E-state index contributed by atoms with van der Waals surface area (Å²) in [6.45, 7) is 2.49. The van der Waals surface area contributed by atoms with E-state index in [1.54, 1.807) is 24.3 Å². The summed E-state index contributed by atoms with van der Waals surface area (Å²) in [6, 6.07) is 11.2. The molecule has 0 aromatic heterocycles. The predicted octanol–water partition coefficient (Wildman–Crippen LogP) is 3.50. The summed E-state index contributed by atoms with van der Waals surface area (Å²) in [5, 5.41) is 0.0914. The van der Waals surface area contributed by atoms with Gasteiger partial charge in [-0.2, -0.15) is 0 Å². The molecule has 0 heterocycles. The second kappa shape index (κ2) is 7.77. The molecule has 0 atom stereocenters. The Morgan fingerprint density at radius 2 is 1.96 bits per heavy atom. The summed E-state index contributed by atoms with van der Waals surface area (Å²) in [5.74, 6) is -0.480. The van der Waals surface area contributed by atoms with Gasteiger partial charge < -0.3 is 4.74 Å². The molecule has 0 saturated heterocycles. The van der Waals surface area contributed by atoms with Crippen LogP contribution in [0.4, 0.5) is 4.39 Å². The highest BCUT2D eigenvalue weighted by Crippen LogP contribution is 2.21. The first kappa shape index (κ1) is 17.7. The minimum absolute atomic E-state index is 0.0373. The van der Waals surface area contributed by atoms with E-state index in [1.165, 1.54) is 18.2 Å². The molecule has 0 aliphatic heterocycles. The van der Waals surface area contributed by atoms with E-state index in [2.05, 4.69) is 4.72 Å². The van der Waals surface area contributed by atoms with Gasteiger partial charge >= 0.3 is 0 Å². The van der Waals surface area contributed by atoms with Crippen LogP contribution in [0.3, 0.4) is 0 Å². The fourth-order valence-electron chi connectivity index (χ4n) is 2.02. The van der Waals surface area contributed by atoms with Crippen LogP contribution in [0.1, 0.15) is 18.1 Å². The minimum atomic E-state index is -3.72. The molecule has 0 fully saturated rings. The molecule has 124 valence electrons. The van der Waals surface area contributed by atoms with Crippen molar-refractivity contribution in [3.63, 3.8) is 0 Å². The van der Waals surface area contributed by atoms with Crippen LogP contribution in [0.2, 0.25) is 5.02 Å². The minimum Gasteiger partial charge on any atom is -0.494 e. The average molecular weight is 358 g/mol. The van der Waals surface area contributed by atoms with Crippen LogP contribution < -0.4 is 9.46 Å². The van der Waals surface area contributed by atoms with Gasteiger partial charge in [0.2, 0.25) is 10.0 Å². The highest BCUT2D eigenvalue weighted by molar-refractivity contribution is 7.88. The van der Waals surface area contributed by atoms with Crippen LogP contribution in [0.15, 0.2) is 42.5 Å². The van der Waals surface area contributed by atoms with Crippen LogP contribution in [0.25, 0.3) is 0 Å². The first-order valence-corrected chi connectivity index (χ1v) is 9.06. The SMILES string of the molecule is CCOc1cccc(CNS(=O)(=O)Cc2c(F)cccc2Cl)c1. The van der Waals surface area contributed by atoms with Gasteiger partial charge in [0.25, 0.3) is 0 Å². The van der Waals surface area contributed by atoms with Crippen LogP contribution in [0, 0.1) is 5.82 Å². The van der Waals surface area contributed by atoms with Gasteiger partial charge in [-0.1, -0.05) is 29.8 Å². The van der Waals surface area contributed by atoms with Crippen molar-refractivity contribution in [3.05, 3.63) is 64.4 Å². The van der Waals surface area contributed by atoms with Gasteiger partial charge in [-0.3, -0.25) is 0 Å². The molecular formula is C16H17ClFNO3S. The number of halogens is 2. The molecular weight excluding hydrogens is 341 g/mol. The number of nitrogens with one attached hydrogen (secondary N) is 1. The molecule has 4 nitrogen and oxygen atoms in total. The van der Waals surface area contributed by atoms with Gasteiger partial charge in [0.15, 0.2) is 0 Å². The Morgan fingerprint density at radius 1 is 1.22 bits per heavy atom. The maximum absolute atomic E-state index is 13.7. The Morgan fingerprint density at radius 3 is 2.65 bits per heavy atom. The molecule has 23 heavy (non-hydrogen) atoms. The van der Waals surface area contributed by atoms with Crippen molar-refractivity contribution < 1.29 is 17.5 Å². The highest BCUT2D eigenvalue weighted by Gasteiger charge is 2.17. The monoisotopic (exact) mass is 357 g/mol. The Balaban J connectivity index is 2.06. The van der Waals surface area contributed by atoms with E-state index in [0.717, 1.165) is 5.56 Å². The Bertz CT molecular complexity index is 760. The number of sulfonamides is 1. The van der Waals surface area contributed by atoms with Gasteiger partial charge in [0.05, 0.1) is 12.4 Å². The second-order valence-electron chi connectivity index (χ2n) is 4.86. The van der Waals surface area contributed by atoms with Crippen molar-refractivity contribution in [2.45, 2.75) is 19.2 Å². The lowest BCUT2D eigenvalue weighted by Crippen LogP contribution is -2.25. The third-order valence-electron chi connectivity index (χ3n) is 3.10. The fraction of sp³-hybridized carbons (Fsp3) is 0.250. The Kier molecular flexibility index (Phi) is 5.98. The third-order valence-corrected chi connectivity index (χ3v) is 4.71. The molecule has 0 aliphatic carbocycles. The molecule has 0 saturated carbocycles. The molecule has 7 heteroatoms. The lowest BCUT2D eigenvalue weighted by molar-refractivity contribution is 0.340. The van der Waals surface area contributed by atoms with E-state index < -0.39 is 21.6 Å². The molecule has 1 N–H and O–H groups in total. The molecule has 0 bridgehead atoms. The second-order valence-corrected chi connectivity index (χ2v) is 7.07. The lowest BCUT2D eigenvalue weighted by Gasteiger charge is -2.10. The molecule has 2 aromatic carbocycles. The smallest absolute Gasteiger partial charge is 0.216 e. The van der Waals surface area contributed by atoms with Crippen LogP contribution in [-0.2, 0) is 22.3 Å². The Hall–Kier alpha value is -1.63. The van der Waals surface area contributed by atoms with E-state index in [9.17, 15) is 12.8 Å². The quantitative estimate of drug-likeness (QED) is 0.825. The molecule has 2 rings (SSSR count). The van der Waals surface area contributed by atoms with Crippen molar-refractivity contribution in [1.29, 1.82) is 0 Å². The summed E-state index contributed by atoms with van der Waals surface area (Å²) in [6.07, 6.45) is 0. The van der Waals surface area contributed by atoms with Crippen molar-refractivity contribution in [2.75, 3.05) is 6.61 Å². The topological polar surface area (TPSA) is 55.4 Å². The van der Waals surface area contributed by atoms with Gasteiger partial charge in [0, 0.05) is 17.1 Å². The summed E-state index contributed by atoms with van der Waals surface area (Å²) in [7, 11) is -3.72. The van der Waals surface area contributed by atoms with Gasteiger partial charge in [0.1, 0.15) is 11.6 Å². The molecule has 0 aliphatic rings. The zero-order chi connectivity index (χ0) is 16.9. The van der Waals surface area contributed by atoms with Gasteiger partial charge in [-0.15, -0.1) is 0 Å². The summed E-state index contributed by atoms with van der Waals surface area (Å²) < 4.78 is 45.7.